The molecule has 130 valence electrons. The molecule has 0 unspecified atom stereocenters. The summed E-state index contributed by atoms with van der Waals surface area (Å²) in [5, 5.41) is 6.04. The fourth-order valence-corrected chi connectivity index (χ4v) is 2.24. The van der Waals surface area contributed by atoms with Gasteiger partial charge in [-0.2, -0.15) is 0 Å². The van der Waals surface area contributed by atoms with Crippen LogP contribution in [0, 0.1) is 5.92 Å². The van der Waals surface area contributed by atoms with Gasteiger partial charge in [-0.1, -0.05) is 26.0 Å². The number of thiocarbonyl (C=S) groups is 1. The number of benzene rings is 1. The maximum Gasteiger partial charge on any atom is 0.266 e. The van der Waals surface area contributed by atoms with Crippen LogP contribution in [-0.4, -0.2) is 29.6 Å². The standard InChI is InChI=1S/C16H22N4O3S/c1-10(2)7-8-17-16(24)20-19-14(21)9-13-15(22)18-11-5-3-4-6-12(11)23-13/h3-6,10,13H,7-9H2,1-2H3,(H,18,22)(H,19,21)(H2,17,20,24)/t13-/m0/s1. The fourth-order valence-electron chi connectivity index (χ4n) is 2.09. The van der Waals surface area contributed by atoms with Crippen molar-refractivity contribution in [3.8, 4) is 5.75 Å². The number of rotatable bonds is 5. The van der Waals surface area contributed by atoms with Gasteiger partial charge in [-0.3, -0.25) is 20.4 Å². The summed E-state index contributed by atoms with van der Waals surface area (Å²) in [6.07, 6.45) is -0.00305. The Hall–Kier alpha value is -2.35. The number of hydrogen-bond acceptors (Lipinski definition) is 4. The lowest BCUT2D eigenvalue weighted by Crippen LogP contribution is -2.49. The van der Waals surface area contributed by atoms with Gasteiger partial charge in [-0.15, -0.1) is 0 Å². The maximum absolute atomic E-state index is 12.0. The highest BCUT2D eigenvalue weighted by Gasteiger charge is 2.29. The van der Waals surface area contributed by atoms with Gasteiger partial charge in [-0.05, 0) is 36.7 Å². The fraction of sp³-hybridized carbons (Fsp3) is 0.438. The first kappa shape index (κ1) is 18.0. The molecule has 2 rings (SSSR count). The van der Waals surface area contributed by atoms with Gasteiger partial charge in [0.2, 0.25) is 5.91 Å². The Morgan fingerprint density at radius 3 is 2.83 bits per heavy atom. The lowest BCUT2D eigenvalue weighted by molar-refractivity contribution is -0.130. The predicted molar refractivity (Wildman–Crippen MR) is 95.4 cm³/mol. The van der Waals surface area contributed by atoms with Crippen molar-refractivity contribution < 1.29 is 14.3 Å². The van der Waals surface area contributed by atoms with Crippen molar-refractivity contribution in [3.05, 3.63) is 24.3 Å². The zero-order valence-corrected chi connectivity index (χ0v) is 14.5. The van der Waals surface area contributed by atoms with Crippen molar-refractivity contribution >= 4 is 34.8 Å². The minimum Gasteiger partial charge on any atom is -0.478 e. The number of para-hydroxylation sites is 2. The maximum atomic E-state index is 12.0. The van der Waals surface area contributed by atoms with Gasteiger partial charge in [0.05, 0.1) is 12.1 Å². The minimum absolute atomic E-state index is 0.109. The second-order valence-corrected chi connectivity index (χ2v) is 6.32. The quantitative estimate of drug-likeness (QED) is 0.473. The van der Waals surface area contributed by atoms with E-state index in [1.807, 2.05) is 0 Å². The summed E-state index contributed by atoms with van der Waals surface area (Å²) in [6.45, 7) is 4.96. The average molecular weight is 350 g/mol. The Bertz CT molecular complexity index is 621. The van der Waals surface area contributed by atoms with E-state index in [1.165, 1.54) is 0 Å². The number of amides is 2. The van der Waals surface area contributed by atoms with Crippen LogP contribution in [0.3, 0.4) is 0 Å². The van der Waals surface area contributed by atoms with Crippen molar-refractivity contribution in [2.75, 3.05) is 11.9 Å². The van der Waals surface area contributed by atoms with Crippen molar-refractivity contribution in [2.45, 2.75) is 32.8 Å². The molecule has 1 aromatic carbocycles. The topological polar surface area (TPSA) is 91.5 Å². The Balaban J connectivity index is 1.75. The van der Waals surface area contributed by atoms with Crippen LogP contribution in [0.15, 0.2) is 24.3 Å². The highest BCUT2D eigenvalue weighted by atomic mass is 32.1. The Kier molecular flexibility index (Phi) is 6.36. The van der Waals surface area contributed by atoms with Gasteiger partial charge in [-0.25, -0.2) is 0 Å². The molecule has 24 heavy (non-hydrogen) atoms. The number of ether oxygens (including phenoxy) is 1. The number of hydrogen-bond donors (Lipinski definition) is 4. The van der Waals surface area contributed by atoms with Crippen molar-refractivity contribution in [2.24, 2.45) is 5.92 Å². The van der Waals surface area contributed by atoms with Gasteiger partial charge in [0.1, 0.15) is 5.75 Å². The van der Waals surface area contributed by atoms with E-state index >= 15 is 0 Å². The van der Waals surface area contributed by atoms with Crippen molar-refractivity contribution in [3.63, 3.8) is 0 Å². The molecule has 1 aromatic rings. The van der Waals surface area contributed by atoms with Crippen LogP contribution in [0.5, 0.6) is 5.75 Å². The molecule has 1 aliphatic rings. The van der Waals surface area contributed by atoms with Gasteiger partial charge in [0, 0.05) is 6.54 Å². The molecule has 0 aliphatic carbocycles. The molecule has 8 heteroatoms. The van der Waals surface area contributed by atoms with Crippen LogP contribution in [0.4, 0.5) is 5.69 Å². The van der Waals surface area contributed by atoms with E-state index in [0.29, 0.717) is 22.5 Å². The summed E-state index contributed by atoms with van der Waals surface area (Å²) in [5.74, 6) is 0.387. The summed E-state index contributed by atoms with van der Waals surface area (Å²) in [7, 11) is 0. The first-order valence-corrected chi connectivity index (χ1v) is 8.25. The number of carbonyl (C=O) groups excluding carboxylic acids is 2. The summed E-state index contributed by atoms with van der Waals surface area (Å²) < 4.78 is 5.56. The smallest absolute Gasteiger partial charge is 0.266 e. The third-order valence-corrected chi connectivity index (χ3v) is 3.65. The zero-order chi connectivity index (χ0) is 17.5. The normalized spacial score (nSPS) is 15.8. The molecule has 7 nitrogen and oxygen atoms in total. The Labute approximate surface area is 146 Å². The first-order valence-electron chi connectivity index (χ1n) is 7.85. The molecule has 1 atom stereocenters. The number of carbonyl (C=O) groups is 2. The number of hydrazine groups is 1. The van der Waals surface area contributed by atoms with E-state index in [-0.39, 0.29) is 18.2 Å². The van der Waals surface area contributed by atoms with Crippen LogP contribution >= 0.6 is 12.2 Å². The summed E-state index contributed by atoms with van der Waals surface area (Å²) in [6, 6.07) is 7.08. The molecule has 4 N–H and O–H groups in total. The summed E-state index contributed by atoms with van der Waals surface area (Å²) in [5.41, 5.74) is 5.68. The Morgan fingerprint density at radius 1 is 1.33 bits per heavy atom. The van der Waals surface area contributed by atoms with Crippen LogP contribution in [0.25, 0.3) is 0 Å². The molecule has 0 spiro atoms. The van der Waals surface area contributed by atoms with E-state index in [1.54, 1.807) is 24.3 Å². The second kappa shape index (κ2) is 8.49. The van der Waals surface area contributed by atoms with Gasteiger partial charge in [0.25, 0.3) is 5.91 Å². The van der Waals surface area contributed by atoms with E-state index in [0.717, 1.165) is 13.0 Å². The van der Waals surface area contributed by atoms with E-state index in [4.69, 9.17) is 17.0 Å². The number of fused-ring (bicyclic) bond motifs is 1. The van der Waals surface area contributed by atoms with Crippen molar-refractivity contribution in [1.82, 2.24) is 16.2 Å². The molecule has 1 aliphatic heterocycles. The SMILES string of the molecule is CC(C)CCNC(=S)NNC(=O)C[C@@H]1Oc2ccccc2NC1=O. The van der Waals surface area contributed by atoms with Gasteiger partial charge >= 0.3 is 0 Å². The highest BCUT2D eigenvalue weighted by Crippen LogP contribution is 2.29. The average Bonchev–Trinajstić information content (AvgIpc) is 2.53. The molecule has 1 heterocycles. The predicted octanol–water partition coefficient (Wildman–Crippen LogP) is 1.32. The van der Waals surface area contributed by atoms with Gasteiger partial charge < -0.3 is 15.4 Å². The van der Waals surface area contributed by atoms with E-state index < -0.39 is 6.10 Å². The third kappa shape index (κ3) is 5.38. The van der Waals surface area contributed by atoms with Gasteiger partial charge in [0.15, 0.2) is 11.2 Å². The molecule has 0 saturated heterocycles. The molecule has 0 aromatic heterocycles. The number of anilines is 1. The molecule has 2 amide bonds. The highest BCUT2D eigenvalue weighted by molar-refractivity contribution is 7.80. The molecule has 0 bridgehead atoms. The minimum atomic E-state index is -0.871. The summed E-state index contributed by atoms with van der Waals surface area (Å²) in [4.78, 5) is 23.9. The molecular weight excluding hydrogens is 328 g/mol. The van der Waals surface area contributed by atoms with Crippen LogP contribution in [-0.2, 0) is 9.59 Å². The van der Waals surface area contributed by atoms with Crippen LogP contribution in [0.2, 0.25) is 0 Å². The zero-order valence-electron chi connectivity index (χ0n) is 13.7. The monoisotopic (exact) mass is 350 g/mol. The van der Waals surface area contributed by atoms with E-state index in [9.17, 15) is 9.59 Å². The van der Waals surface area contributed by atoms with E-state index in [2.05, 4.69) is 35.3 Å². The lowest BCUT2D eigenvalue weighted by atomic mass is 10.1. The van der Waals surface area contributed by atoms with Crippen LogP contribution in [0.1, 0.15) is 26.7 Å². The largest absolute Gasteiger partial charge is 0.478 e. The molecule has 0 radical (unpaired) electrons. The van der Waals surface area contributed by atoms with Crippen LogP contribution < -0.4 is 26.2 Å². The number of nitrogens with one attached hydrogen (secondary N) is 4. The lowest BCUT2D eigenvalue weighted by Gasteiger charge is -2.25. The summed E-state index contributed by atoms with van der Waals surface area (Å²) >= 11 is 5.06. The molecular formula is C16H22N4O3S. The molecule has 0 saturated carbocycles. The molecule has 0 fully saturated rings. The first-order chi connectivity index (χ1) is 11.5. The van der Waals surface area contributed by atoms with Crippen molar-refractivity contribution in [1.29, 1.82) is 0 Å². The Morgan fingerprint density at radius 2 is 2.08 bits per heavy atom. The third-order valence-electron chi connectivity index (χ3n) is 3.40. The second-order valence-electron chi connectivity index (χ2n) is 5.91.